The van der Waals surface area contributed by atoms with Crippen LogP contribution in [0.2, 0.25) is 0 Å². The number of nitrogens with one attached hydrogen (secondary N) is 1. The molecule has 2 nitrogen and oxygen atoms in total. The molecule has 2 aromatic rings. The minimum absolute atomic E-state index is 0.0453. The van der Waals surface area contributed by atoms with E-state index in [9.17, 15) is 26.3 Å². The number of hydrogen-bond donors (Lipinski definition) is 1. The highest BCUT2D eigenvalue weighted by atomic mass is 19.4. The van der Waals surface area contributed by atoms with Gasteiger partial charge in [0.05, 0.1) is 11.1 Å². The van der Waals surface area contributed by atoms with Crippen LogP contribution in [0.15, 0.2) is 66.9 Å². The van der Waals surface area contributed by atoms with Gasteiger partial charge in [0.15, 0.2) is 0 Å². The summed E-state index contributed by atoms with van der Waals surface area (Å²) in [6, 6.07) is 12.5. The molecule has 0 spiro atoms. The van der Waals surface area contributed by atoms with Crippen LogP contribution in [0.25, 0.3) is 6.08 Å². The van der Waals surface area contributed by atoms with Crippen molar-refractivity contribution in [2.75, 3.05) is 13.1 Å². The van der Waals surface area contributed by atoms with Gasteiger partial charge in [0.1, 0.15) is 0 Å². The molecular formula is C35H42F6N2. The first kappa shape index (κ1) is 31.7. The summed E-state index contributed by atoms with van der Waals surface area (Å²) in [5.74, 6) is 1.62. The monoisotopic (exact) mass is 604 g/mol. The zero-order valence-corrected chi connectivity index (χ0v) is 24.8. The van der Waals surface area contributed by atoms with E-state index in [1.165, 1.54) is 24.8 Å². The predicted octanol–water partition coefficient (Wildman–Crippen LogP) is 9.73. The molecule has 0 bridgehead atoms. The molecule has 3 aliphatic rings. The topological polar surface area (TPSA) is 15.3 Å². The van der Waals surface area contributed by atoms with Crippen molar-refractivity contribution in [3.63, 3.8) is 0 Å². The Bertz CT molecular complexity index is 1250. The summed E-state index contributed by atoms with van der Waals surface area (Å²) in [6.07, 6.45) is 3.30. The Morgan fingerprint density at radius 3 is 2.23 bits per heavy atom. The fourth-order valence-corrected chi connectivity index (χ4v) is 7.37. The third kappa shape index (κ3) is 7.68. The number of halogens is 6. The Kier molecular flexibility index (Phi) is 9.36. The lowest BCUT2D eigenvalue weighted by atomic mass is 9.69. The molecule has 2 aromatic carbocycles. The molecule has 43 heavy (non-hydrogen) atoms. The smallest absolute Gasteiger partial charge is 0.384 e. The number of likely N-dealkylation sites (tertiary alicyclic amines) is 1. The van der Waals surface area contributed by atoms with Gasteiger partial charge in [-0.1, -0.05) is 75.2 Å². The summed E-state index contributed by atoms with van der Waals surface area (Å²) in [4.78, 5) is 2.61. The number of nitrogens with zero attached hydrogens (tertiary/aromatic N) is 1. The van der Waals surface area contributed by atoms with E-state index in [4.69, 9.17) is 0 Å². The standard InChI is InChI=1S/C35H42F6N2/c1-24-23-43(16-14-29(24)12-11-26-7-4-3-5-8-26)32-13-15-33(21-32,20-27-9-6-10-27)25(2)42-22-28-17-30(34(36,37)38)19-31(18-28)35(39,40)41/h3-5,7-8,11-12,17-19,24,27,29,32,42H,2,6,9-10,13-16,20-23H2,1H3/b12-11-/t24?,29-,32?,33?/m1/s1. The molecule has 234 valence electrons. The number of alkyl halides is 6. The fourth-order valence-electron chi connectivity index (χ4n) is 7.37. The van der Waals surface area contributed by atoms with Gasteiger partial charge in [0.2, 0.25) is 0 Å². The maximum Gasteiger partial charge on any atom is 0.416 e. The van der Waals surface area contributed by atoms with Crippen molar-refractivity contribution in [3.05, 3.63) is 89.1 Å². The van der Waals surface area contributed by atoms with Crippen LogP contribution >= 0.6 is 0 Å². The third-order valence-electron chi connectivity index (χ3n) is 10.1. The maximum absolute atomic E-state index is 13.4. The second kappa shape index (κ2) is 12.7. The van der Waals surface area contributed by atoms with Gasteiger partial charge in [-0.05, 0) is 85.7 Å². The molecule has 8 heteroatoms. The predicted molar refractivity (Wildman–Crippen MR) is 159 cm³/mol. The zero-order chi connectivity index (χ0) is 30.8. The Morgan fingerprint density at radius 2 is 1.65 bits per heavy atom. The SMILES string of the molecule is C=C(NCc1cc(C(F)(F)F)cc(C(F)(F)F)c1)C1(CC2CCC2)CCC(N2CC[C@@H](/C=C\c3ccccc3)C(C)C2)C1. The second-order valence-electron chi connectivity index (χ2n) is 13.1. The lowest BCUT2D eigenvalue weighted by Gasteiger charge is -2.42. The molecule has 1 aliphatic heterocycles. The lowest BCUT2D eigenvalue weighted by molar-refractivity contribution is -0.143. The van der Waals surface area contributed by atoms with E-state index in [2.05, 4.69) is 48.0 Å². The Balaban J connectivity index is 1.25. The van der Waals surface area contributed by atoms with Crippen LogP contribution in [0.3, 0.4) is 0 Å². The summed E-state index contributed by atoms with van der Waals surface area (Å²) >= 11 is 0. The van der Waals surface area contributed by atoms with Gasteiger partial charge in [0, 0.05) is 30.2 Å². The number of benzene rings is 2. The summed E-state index contributed by atoms with van der Waals surface area (Å²) < 4.78 is 80.5. The van der Waals surface area contributed by atoms with Crippen molar-refractivity contribution in [2.24, 2.45) is 23.2 Å². The highest BCUT2D eigenvalue weighted by molar-refractivity contribution is 5.49. The van der Waals surface area contributed by atoms with Crippen LogP contribution in [0.1, 0.15) is 80.5 Å². The van der Waals surface area contributed by atoms with Crippen molar-refractivity contribution >= 4 is 6.08 Å². The number of hydrogen-bond acceptors (Lipinski definition) is 2. The van der Waals surface area contributed by atoms with E-state index in [0.717, 1.165) is 63.0 Å². The summed E-state index contributed by atoms with van der Waals surface area (Å²) in [6.45, 7) is 8.57. The molecule has 1 saturated heterocycles. The van der Waals surface area contributed by atoms with E-state index in [0.29, 0.717) is 23.8 Å². The van der Waals surface area contributed by atoms with Gasteiger partial charge in [-0.25, -0.2) is 0 Å². The molecule has 1 N–H and O–H groups in total. The molecule has 1 heterocycles. The molecule has 0 aromatic heterocycles. The summed E-state index contributed by atoms with van der Waals surface area (Å²) in [5, 5.41) is 3.21. The Hall–Kier alpha value is -2.74. The van der Waals surface area contributed by atoms with Gasteiger partial charge >= 0.3 is 12.4 Å². The fraction of sp³-hybridized carbons (Fsp3) is 0.543. The van der Waals surface area contributed by atoms with Crippen LogP contribution in [0, 0.1) is 23.2 Å². The highest BCUT2D eigenvalue weighted by Gasteiger charge is 2.46. The van der Waals surface area contributed by atoms with Crippen LogP contribution in [0.5, 0.6) is 0 Å². The first-order valence-corrected chi connectivity index (χ1v) is 15.5. The minimum Gasteiger partial charge on any atom is -0.384 e. The van der Waals surface area contributed by atoms with Crippen LogP contribution in [-0.2, 0) is 18.9 Å². The molecule has 0 radical (unpaired) electrons. The average molecular weight is 605 g/mol. The summed E-state index contributed by atoms with van der Waals surface area (Å²) in [7, 11) is 0. The molecule has 3 fully saturated rings. The van der Waals surface area contributed by atoms with Gasteiger partial charge in [-0.3, -0.25) is 0 Å². The van der Waals surface area contributed by atoms with Gasteiger partial charge in [-0.2, -0.15) is 26.3 Å². The average Bonchev–Trinajstić information content (AvgIpc) is 3.38. The Labute approximate surface area is 251 Å². The van der Waals surface area contributed by atoms with Crippen LogP contribution < -0.4 is 5.32 Å². The van der Waals surface area contributed by atoms with Crippen LogP contribution in [-0.4, -0.2) is 24.0 Å². The minimum atomic E-state index is -4.86. The van der Waals surface area contributed by atoms with Crippen molar-refractivity contribution in [3.8, 4) is 0 Å². The molecular weight excluding hydrogens is 562 g/mol. The first-order chi connectivity index (χ1) is 20.3. The highest BCUT2D eigenvalue weighted by Crippen LogP contribution is 2.52. The maximum atomic E-state index is 13.4. The van der Waals surface area contributed by atoms with E-state index in [1.54, 1.807) is 0 Å². The van der Waals surface area contributed by atoms with E-state index in [-0.39, 0.29) is 23.6 Å². The van der Waals surface area contributed by atoms with E-state index in [1.807, 2.05) is 18.2 Å². The number of allylic oxidation sites excluding steroid dienone is 2. The summed E-state index contributed by atoms with van der Waals surface area (Å²) in [5.41, 5.74) is -0.869. The number of piperidine rings is 1. The van der Waals surface area contributed by atoms with Crippen molar-refractivity contribution in [1.29, 1.82) is 0 Å². The third-order valence-corrected chi connectivity index (χ3v) is 10.1. The largest absolute Gasteiger partial charge is 0.416 e. The molecule has 2 saturated carbocycles. The molecule has 3 unspecified atom stereocenters. The first-order valence-electron chi connectivity index (χ1n) is 15.5. The lowest BCUT2D eigenvalue weighted by Crippen LogP contribution is -2.44. The second-order valence-corrected chi connectivity index (χ2v) is 13.1. The molecule has 2 aliphatic carbocycles. The van der Waals surface area contributed by atoms with Crippen LogP contribution in [0.4, 0.5) is 26.3 Å². The molecule has 0 amide bonds. The molecule has 5 rings (SSSR count). The van der Waals surface area contributed by atoms with Gasteiger partial charge in [0.25, 0.3) is 0 Å². The Morgan fingerprint density at radius 1 is 0.977 bits per heavy atom. The van der Waals surface area contributed by atoms with Crippen molar-refractivity contribution in [2.45, 2.75) is 83.2 Å². The number of rotatable bonds is 9. The zero-order valence-electron chi connectivity index (χ0n) is 24.8. The van der Waals surface area contributed by atoms with Gasteiger partial charge < -0.3 is 10.2 Å². The van der Waals surface area contributed by atoms with Crippen molar-refractivity contribution in [1.82, 2.24) is 10.2 Å². The van der Waals surface area contributed by atoms with E-state index >= 15 is 0 Å². The quantitative estimate of drug-likeness (QED) is 0.287. The molecule has 4 atom stereocenters. The van der Waals surface area contributed by atoms with Crippen molar-refractivity contribution < 1.29 is 26.3 Å². The van der Waals surface area contributed by atoms with Gasteiger partial charge in [-0.15, -0.1) is 0 Å². The normalized spacial score (nSPS) is 27.4. The van der Waals surface area contributed by atoms with E-state index < -0.39 is 23.5 Å².